The molecule has 2 aromatic rings. The maximum absolute atomic E-state index is 12.9. The fourth-order valence-electron chi connectivity index (χ4n) is 2.51. The Morgan fingerprint density at radius 1 is 1.13 bits per heavy atom. The SMILES string of the molecule is CCS(=O)(=O)Oc1ccc(CN(CCOC)C(=O)Nc2cccc(C(F)(F)F)c2)cc1. The monoisotopic (exact) mass is 460 g/mol. The minimum absolute atomic E-state index is 0.00996. The van der Waals surface area contributed by atoms with E-state index >= 15 is 0 Å². The average molecular weight is 460 g/mol. The highest BCUT2D eigenvalue weighted by Gasteiger charge is 2.30. The maximum Gasteiger partial charge on any atom is 0.416 e. The second-order valence-electron chi connectivity index (χ2n) is 6.50. The van der Waals surface area contributed by atoms with Crippen LogP contribution in [0.3, 0.4) is 0 Å². The van der Waals surface area contributed by atoms with Crippen molar-refractivity contribution in [1.82, 2.24) is 4.90 Å². The van der Waals surface area contributed by atoms with Crippen LogP contribution in [0.4, 0.5) is 23.7 Å². The lowest BCUT2D eigenvalue weighted by molar-refractivity contribution is -0.137. The van der Waals surface area contributed by atoms with Gasteiger partial charge in [-0.25, -0.2) is 4.79 Å². The van der Waals surface area contributed by atoms with Gasteiger partial charge in [-0.1, -0.05) is 18.2 Å². The third-order valence-electron chi connectivity index (χ3n) is 4.17. The van der Waals surface area contributed by atoms with Crippen molar-refractivity contribution in [3.63, 3.8) is 0 Å². The molecule has 7 nitrogen and oxygen atoms in total. The van der Waals surface area contributed by atoms with E-state index in [0.717, 1.165) is 12.1 Å². The molecule has 0 spiro atoms. The zero-order chi connectivity index (χ0) is 23.1. The van der Waals surface area contributed by atoms with Crippen LogP contribution >= 0.6 is 0 Å². The van der Waals surface area contributed by atoms with Gasteiger partial charge in [-0.15, -0.1) is 0 Å². The van der Waals surface area contributed by atoms with Gasteiger partial charge in [0.2, 0.25) is 0 Å². The largest absolute Gasteiger partial charge is 0.416 e. The van der Waals surface area contributed by atoms with E-state index in [0.29, 0.717) is 5.56 Å². The molecule has 0 aliphatic carbocycles. The number of carbonyl (C=O) groups is 1. The minimum atomic E-state index is -4.52. The van der Waals surface area contributed by atoms with E-state index in [9.17, 15) is 26.4 Å². The molecule has 0 unspecified atom stereocenters. The summed E-state index contributed by atoms with van der Waals surface area (Å²) in [5.41, 5.74) is -0.196. The van der Waals surface area contributed by atoms with Crippen LogP contribution in [-0.4, -0.2) is 45.4 Å². The van der Waals surface area contributed by atoms with Crippen molar-refractivity contribution in [2.75, 3.05) is 31.3 Å². The Morgan fingerprint density at radius 2 is 1.81 bits per heavy atom. The second-order valence-corrected chi connectivity index (χ2v) is 8.36. The smallest absolute Gasteiger partial charge is 0.383 e. The summed E-state index contributed by atoms with van der Waals surface area (Å²) in [5, 5.41) is 2.46. The van der Waals surface area contributed by atoms with Crippen LogP contribution < -0.4 is 9.50 Å². The summed E-state index contributed by atoms with van der Waals surface area (Å²) in [4.78, 5) is 14.0. The number of benzene rings is 2. The fraction of sp³-hybridized carbons (Fsp3) is 0.350. The van der Waals surface area contributed by atoms with Crippen LogP contribution in [0.5, 0.6) is 5.75 Å². The van der Waals surface area contributed by atoms with Crippen molar-refractivity contribution in [2.24, 2.45) is 0 Å². The molecule has 2 rings (SSSR count). The molecule has 1 N–H and O–H groups in total. The number of hydrogen-bond acceptors (Lipinski definition) is 5. The van der Waals surface area contributed by atoms with Crippen molar-refractivity contribution < 1.29 is 35.3 Å². The summed E-state index contributed by atoms with van der Waals surface area (Å²) in [5.74, 6) is -0.0302. The average Bonchev–Trinajstić information content (AvgIpc) is 2.71. The summed E-state index contributed by atoms with van der Waals surface area (Å²) in [7, 11) is -2.19. The zero-order valence-corrected chi connectivity index (χ0v) is 17.8. The standard InChI is InChI=1S/C20H23F3N2O5S/c1-3-31(27,28)30-18-9-7-15(8-10-18)14-25(11-12-29-2)19(26)24-17-6-4-5-16(13-17)20(21,22)23/h4-10,13H,3,11-12,14H2,1-2H3,(H,24,26). The number of halogens is 3. The van der Waals surface area contributed by atoms with Crippen molar-refractivity contribution >= 4 is 21.8 Å². The molecule has 2 amide bonds. The van der Waals surface area contributed by atoms with Crippen molar-refractivity contribution in [3.05, 3.63) is 59.7 Å². The quantitative estimate of drug-likeness (QED) is 0.569. The van der Waals surface area contributed by atoms with Gasteiger partial charge in [0, 0.05) is 25.9 Å². The Balaban J connectivity index is 2.11. The number of urea groups is 1. The van der Waals surface area contributed by atoms with Crippen molar-refractivity contribution in [3.8, 4) is 5.75 Å². The van der Waals surface area contributed by atoms with E-state index in [2.05, 4.69) is 5.32 Å². The van der Waals surface area contributed by atoms with E-state index in [1.807, 2.05) is 0 Å². The van der Waals surface area contributed by atoms with Gasteiger partial charge in [-0.05, 0) is 42.8 Å². The van der Waals surface area contributed by atoms with Crippen molar-refractivity contribution in [1.29, 1.82) is 0 Å². The number of nitrogens with one attached hydrogen (secondary N) is 1. The molecule has 0 aliphatic heterocycles. The highest BCUT2D eigenvalue weighted by molar-refractivity contribution is 7.87. The minimum Gasteiger partial charge on any atom is -0.383 e. The normalized spacial score (nSPS) is 11.8. The molecule has 31 heavy (non-hydrogen) atoms. The van der Waals surface area contributed by atoms with Crippen LogP contribution in [0, 0.1) is 0 Å². The molecule has 11 heteroatoms. The molecule has 0 aliphatic rings. The first-order valence-corrected chi connectivity index (χ1v) is 10.8. The topological polar surface area (TPSA) is 84.9 Å². The molecule has 170 valence electrons. The molecule has 0 radical (unpaired) electrons. The number of methoxy groups -OCH3 is 1. The molecular formula is C20H23F3N2O5S. The van der Waals surface area contributed by atoms with Gasteiger partial charge in [0.15, 0.2) is 0 Å². The van der Waals surface area contributed by atoms with Crippen LogP contribution in [0.15, 0.2) is 48.5 Å². The van der Waals surface area contributed by atoms with Gasteiger partial charge in [-0.2, -0.15) is 21.6 Å². The molecule has 0 fully saturated rings. The fourth-order valence-corrected chi connectivity index (χ4v) is 3.03. The highest BCUT2D eigenvalue weighted by Crippen LogP contribution is 2.30. The van der Waals surface area contributed by atoms with Crippen LogP contribution in [0.2, 0.25) is 0 Å². The van der Waals surface area contributed by atoms with E-state index in [1.165, 1.54) is 43.2 Å². The Labute approximate surface area is 178 Å². The van der Waals surface area contributed by atoms with Crippen LogP contribution in [0.1, 0.15) is 18.1 Å². The van der Waals surface area contributed by atoms with E-state index in [1.54, 1.807) is 12.1 Å². The molecule has 0 atom stereocenters. The van der Waals surface area contributed by atoms with Crippen LogP contribution in [0.25, 0.3) is 0 Å². The lowest BCUT2D eigenvalue weighted by Crippen LogP contribution is -2.36. The maximum atomic E-state index is 12.9. The summed E-state index contributed by atoms with van der Waals surface area (Å²) in [6.45, 7) is 1.98. The number of alkyl halides is 3. The number of rotatable bonds is 9. The predicted molar refractivity (Wildman–Crippen MR) is 109 cm³/mol. The Hall–Kier alpha value is -2.79. The van der Waals surface area contributed by atoms with Crippen molar-refractivity contribution in [2.45, 2.75) is 19.6 Å². The molecular weight excluding hydrogens is 437 g/mol. The molecule has 0 bridgehead atoms. The summed E-state index contributed by atoms with van der Waals surface area (Å²) in [6.07, 6.45) is -4.52. The van der Waals surface area contributed by atoms with E-state index in [4.69, 9.17) is 8.92 Å². The number of amides is 2. The summed E-state index contributed by atoms with van der Waals surface area (Å²) < 4.78 is 71.6. The van der Waals surface area contributed by atoms with Crippen LogP contribution in [-0.2, 0) is 27.6 Å². The first-order chi connectivity index (χ1) is 14.5. The lowest BCUT2D eigenvalue weighted by Gasteiger charge is -2.23. The second kappa shape index (κ2) is 10.5. The predicted octanol–water partition coefficient (Wildman–Crippen LogP) is 4.11. The van der Waals surface area contributed by atoms with Gasteiger partial charge < -0.3 is 19.1 Å². The first-order valence-electron chi connectivity index (χ1n) is 9.27. The van der Waals surface area contributed by atoms with Gasteiger partial charge in [0.05, 0.1) is 17.9 Å². The van der Waals surface area contributed by atoms with Gasteiger partial charge in [0.25, 0.3) is 0 Å². The van der Waals surface area contributed by atoms with E-state index in [-0.39, 0.29) is 36.9 Å². The molecule has 0 heterocycles. The van der Waals surface area contributed by atoms with E-state index < -0.39 is 27.9 Å². The summed E-state index contributed by atoms with van der Waals surface area (Å²) in [6, 6.07) is 9.85. The molecule has 0 saturated carbocycles. The third-order valence-corrected chi connectivity index (χ3v) is 5.32. The number of ether oxygens (including phenoxy) is 1. The summed E-state index contributed by atoms with van der Waals surface area (Å²) >= 11 is 0. The first kappa shape index (κ1) is 24.5. The lowest BCUT2D eigenvalue weighted by atomic mass is 10.2. The Morgan fingerprint density at radius 3 is 2.39 bits per heavy atom. The number of anilines is 1. The number of hydrogen-bond donors (Lipinski definition) is 1. The number of nitrogens with zero attached hydrogens (tertiary/aromatic N) is 1. The molecule has 0 aromatic heterocycles. The highest BCUT2D eigenvalue weighted by atomic mass is 32.2. The Kier molecular flexibility index (Phi) is 8.28. The number of carbonyl (C=O) groups excluding carboxylic acids is 1. The molecule has 2 aromatic carbocycles. The van der Waals surface area contributed by atoms with Gasteiger partial charge in [0.1, 0.15) is 5.75 Å². The zero-order valence-electron chi connectivity index (χ0n) is 17.0. The van der Waals surface area contributed by atoms with Gasteiger partial charge in [-0.3, -0.25) is 0 Å². The third kappa shape index (κ3) is 7.76. The van der Waals surface area contributed by atoms with Gasteiger partial charge >= 0.3 is 22.3 Å². The Bertz CT molecular complexity index is 979. The molecule has 0 saturated heterocycles.